The second-order valence-electron chi connectivity index (χ2n) is 5.02. The normalized spacial score (nSPS) is 24.9. The highest BCUT2D eigenvalue weighted by Crippen LogP contribution is 2.14. The lowest BCUT2D eigenvalue weighted by Crippen LogP contribution is -2.49. The van der Waals surface area contributed by atoms with Crippen LogP contribution >= 0.6 is 0 Å². The fraction of sp³-hybridized carbons (Fsp3) is 1.00. The number of hydrogen-bond acceptors (Lipinski definition) is 4. The van der Waals surface area contributed by atoms with E-state index in [1.54, 1.807) is 0 Å². The van der Waals surface area contributed by atoms with Crippen LogP contribution in [0, 0.1) is 0 Å². The van der Waals surface area contributed by atoms with Gasteiger partial charge in [0, 0.05) is 31.8 Å². The molecule has 0 spiro atoms. The lowest BCUT2D eigenvalue weighted by atomic mass is 10.0. The summed E-state index contributed by atoms with van der Waals surface area (Å²) in [5, 5.41) is 12.2. The van der Waals surface area contributed by atoms with Gasteiger partial charge < -0.3 is 20.2 Å². The fourth-order valence-electron chi connectivity index (χ4n) is 2.41. The Bertz CT molecular complexity index is 187. The van der Waals surface area contributed by atoms with Gasteiger partial charge in [-0.2, -0.15) is 0 Å². The Hall–Kier alpha value is -0.160. The number of hydrogen-bond donors (Lipinski definition) is 2. The average molecular weight is 229 g/mol. The summed E-state index contributed by atoms with van der Waals surface area (Å²) in [5.74, 6) is 0. The Balaban J connectivity index is 2.35. The van der Waals surface area contributed by atoms with E-state index in [9.17, 15) is 0 Å². The van der Waals surface area contributed by atoms with E-state index >= 15 is 0 Å². The molecule has 1 rings (SSSR count). The number of rotatable bonds is 6. The summed E-state index contributed by atoms with van der Waals surface area (Å²) in [4.78, 5) is 4.84. The van der Waals surface area contributed by atoms with Crippen LogP contribution in [0.3, 0.4) is 0 Å². The van der Waals surface area contributed by atoms with Crippen molar-refractivity contribution in [2.75, 3.05) is 47.4 Å². The molecule has 0 saturated carbocycles. The summed E-state index contributed by atoms with van der Waals surface area (Å²) < 4.78 is 0. The van der Waals surface area contributed by atoms with Gasteiger partial charge in [-0.05, 0) is 47.0 Å². The molecule has 0 amide bonds. The van der Waals surface area contributed by atoms with E-state index in [1.807, 2.05) is 7.05 Å². The molecule has 96 valence electrons. The van der Waals surface area contributed by atoms with Crippen molar-refractivity contribution in [3.05, 3.63) is 0 Å². The molecule has 1 saturated heterocycles. The van der Waals surface area contributed by atoms with Gasteiger partial charge in [0.1, 0.15) is 0 Å². The molecule has 4 nitrogen and oxygen atoms in total. The third-order valence-corrected chi connectivity index (χ3v) is 3.58. The standard InChI is InChI=1S/C12H27N3O/c1-13-11(6-8-16)9-15-7-4-5-12(10-15)14(2)3/h11-13,16H,4-10H2,1-3H3. The molecule has 2 unspecified atom stereocenters. The second-order valence-corrected chi connectivity index (χ2v) is 5.02. The molecule has 2 N–H and O–H groups in total. The van der Waals surface area contributed by atoms with Crippen LogP contribution in [-0.2, 0) is 0 Å². The second kappa shape index (κ2) is 7.22. The van der Waals surface area contributed by atoms with Crippen LogP contribution in [0.4, 0.5) is 0 Å². The molecule has 0 bridgehead atoms. The zero-order valence-corrected chi connectivity index (χ0v) is 10.9. The monoisotopic (exact) mass is 229 g/mol. The van der Waals surface area contributed by atoms with Gasteiger partial charge in [0.15, 0.2) is 0 Å². The number of piperidine rings is 1. The summed E-state index contributed by atoms with van der Waals surface area (Å²) in [6.45, 7) is 3.70. The number of nitrogens with one attached hydrogen (secondary N) is 1. The minimum Gasteiger partial charge on any atom is -0.396 e. The molecule has 16 heavy (non-hydrogen) atoms. The SMILES string of the molecule is CNC(CCO)CN1CCCC(N(C)C)C1. The molecule has 1 aliphatic heterocycles. The summed E-state index contributed by atoms with van der Waals surface area (Å²) in [7, 11) is 6.31. The van der Waals surface area contributed by atoms with Crippen molar-refractivity contribution in [1.82, 2.24) is 15.1 Å². The summed E-state index contributed by atoms with van der Waals surface area (Å²) in [6, 6.07) is 1.12. The Kier molecular flexibility index (Phi) is 6.28. The van der Waals surface area contributed by atoms with Crippen LogP contribution in [0.5, 0.6) is 0 Å². The predicted molar refractivity (Wildman–Crippen MR) is 67.7 cm³/mol. The van der Waals surface area contributed by atoms with Crippen molar-refractivity contribution in [1.29, 1.82) is 0 Å². The first kappa shape index (κ1) is 13.9. The Morgan fingerprint density at radius 3 is 2.81 bits per heavy atom. The largest absolute Gasteiger partial charge is 0.396 e. The van der Waals surface area contributed by atoms with Gasteiger partial charge in [0.25, 0.3) is 0 Å². The minimum absolute atomic E-state index is 0.274. The maximum absolute atomic E-state index is 8.97. The number of aliphatic hydroxyl groups is 1. The van der Waals surface area contributed by atoms with Gasteiger partial charge in [-0.3, -0.25) is 0 Å². The molecule has 1 heterocycles. The molecule has 1 fully saturated rings. The molecule has 0 aromatic carbocycles. The van der Waals surface area contributed by atoms with Crippen molar-refractivity contribution in [2.24, 2.45) is 0 Å². The maximum Gasteiger partial charge on any atom is 0.0446 e. The first-order valence-corrected chi connectivity index (χ1v) is 6.34. The quantitative estimate of drug-likeness (QED) is 0.671. The molecule has 0 aromatic rings. The number of likely N-dealkylation sites (tertiary alicyclic amines) is 1. The zero-order chi connectivity index (χ0) is 12.0. The Morgan fingerprint density at radius 1 is 1.50 bits per heavy atom. The Labute approximate surface area is 99.6 Å². The van der Waals surface area contributed by atoms with Gasteiger partial charge in [0.2, 0.25) is 0 Å². The molecule has 4 heteroatoms. The van der Waals surface area contributed by atoms with E-state index < -0.39 is 0 Å². The summed E-state index contributed by atoms with van der Waals surface area (Å²) in [5.41, 5.74) is 0. The maximum atomic E-state index is 8.97. The van der Waals surface area contributed by atoms with Gasteiger partial charge in [-0.25, -0.2) is 0 Å². The van der Waals surface area contributed by atoms with E-state index in [-0.39, 0.29) is 6.61 Å². The minimum atomic E-state index is 0.274. The predicted octanol–water partition coefficient (Wildman–Crippen LogP) is -0.0172. The van der Waals surface area contributed by atoms with E-state index in [0.717, 1.165) is 19.5 Å². The van der Waals surface area contributed by atoms with E-state index in [1.165, 1.54) is 19.4 Å². The highest BCUT2D eigenvalue weighted by atomic mass is 16.3. The van der Waals surface area contributed by atoms with Gasteiger partial charge in [-0.1, -0.05) is 0 Å². The van der Waals surface area contributed by atoms with E-state index in [4.69, 9.17) is 5.11 Å². The zero-order valence-electron chi connectivity index (χ0n) is 10.9. The molecule has 0 aliphatic carbocycles. The third-order valence-electron chi connectivity index (χ3n) is 3.58. The fourth-order valence-corrected chi connectivity index (χ4v) is 2.41. The van der Waals surface area contributed by atoms with Gasteiger partial charge in [0.05, 0.1) is 0 Å². The lowest BCUT2D eigenvalue weighted by Gasteiger charge is -2.37. The first-order valence-electron chi connectivity index (χ1n) is 6.34. The van der Waals surface area contributed by atoms with Crippen LogP contribution in [0.15, 0.2) is 0 Å². The van der Waals surface area contributed by atoms with Crippen LogP contribution in [0.25, 0.3) is 0 Å². The number of likely N-dealkylation sites (N-methyl/N-ethyl adjacent to an activating group) is 2. The molecule has 1 aliphatic rings. The van der Waals surface area contributed by atoms with Crippen LogP contribution in [0.1, 0.15) is 19.3 Å². The number of nitrogens with zero attached hydrogens (tertiary/aromatic N) is 2. The van der Waals surface area contributed by atoms with Crippen molar-refractivity contribution in [3.63, 3.8) is 0 Å². The average Bonchev–Trinajstić information content (AvgIpc) is 2.29. The van der Waals surface area contributed by atoms with Gasteiger partial charge in [-0.15, -0.1) is 0 Å². The lowest BCUT2D eigenvalue weighted by molar-refractivity contribution is 0.119. The van der Waals surface area contributed by atoms with Crippen LogP contribution in [0.2, 0.25) is 0 Å². The molecule has 0 radical (unpaired) electrons. The highest BCUT2D eigenvalue weighted by Gasteiger charge is 2.22. The van der Waals surface area contributed by atoms with Gasteiger partial charge >= 0.3 is 0 Å². The molecular weight excluding hydrogens is 202 g/mol. The van der Waals surface area contributed by atoms with E-state index in [2.05, 4.69) is 29.2 Å². The molecule has 2 atom stereocenters. The van der Waals surface area contributed by atoms with Crippen LogP contribution in [-0.4, -0.2) is 74.4 Å². The number of aliphatic hydroxyl groups excluding tert-OH is 1. The summed E-state index contributed by atoms with van der Waals surface area (Å²) >= 11 is 0. The smallest absolute Gasteiger partial charge is 0.0446 e. The van der Waals surface area contributed by atoms with Crippen molar-refractivity contribution >= 4 is 0 Å². The first-order chi connectivity index (χ1) is 7.67. The Morgan fingerprint density at radius 2 is 2.25 bits per heavy atom. The van der Waals surface area contributed by atoms with Crippen molar-refractivity contribution in [2.45, 2.75) is 31.3 Å². The van der Waals surface area contributed by atoms with Crippen molar-refractivity contribution < 1.29 is 5.11 Å². The van der Waals surface area contributed by atoms with Crippen LogP contribution < -0.4 is 5.32 Å². The summed E-state index contributed by atoms with van der Waals surface area (Å²) in [6.07, 6.45) is 3.45. The third kappa shape index (κ3) is 4.37. The molecule has 0 aromatic heterocycles. The van der Waals surface area contributed by atoms with Crippen molar-refractivity contribution in [3.8, 4) is 0 Å². The van der Waals surface area contributed by atoms with E-state index in [0.29, 0.717) is 12.1 Å². The molecular formula is C12H27N3O. The highest BCUT2D eigenvalue weighted by molar-refractivity contribution is 4.80. The topological polar surface area (TPSA) is 38.7 Å².